The molecule has 8 nitrogen and oxygen atoms in total. The molecule has 182 valence electrons. The first kappa shape index (κ1) is 25.7. The second kappa shape index (κ2) is 11.5. The van der Waals surface area contributed by atoms with Crippen molar-refractivity contribution in [3.63, 3.8) is 0 Å². The summed E-state index contributed by atoms with van der Waals surface area (Å²) in [6.07, 6.45) is 0.239. The third-order valence-electron chi connectivity index (χ3n) is 5.09. The number of carbonyl (C=O) groups is 2. The molecule has 1 aromatic carbocycles. The standard InChI is InChI=1S/C23H27FN4O4S2/c1-6-17-14(4)34-21(19(17)22(30)31-5)25-18(29)12-33-23-27-26-20(28(23)7-2)13(3)32-16-10-8-15(24)9-11-16/h8-11,13H,6-7,12H2,1-5H3,(H,25,29). The normalized spacial score (nSPS) is 11.8. The van der Waals surface area contributed by atoms with Crippen LogP contribution >= 0.6 is 23.1 Å². The van der Waals surface area contributed by atoms with Gasteiger partial charge in [0.1, 0.15) is 16.6 Å². The number of nitrogens with zero attached hydrogens (tertiary/aromatic N) is 3. The van der Waals surface area contributed by atoms with E-state index in [1.54, 1.807) is 12.1 Å². The van der Waals surface area contributed by atoms with Crippen LogP contribution in [-0.2, 0) is 22.5 Å². The second-order valence-electron chi connectivity index (χ2n) is 7.32. The average Bonchev–Trinajstić information content (AvgIpc) is 3.38. The number of amides is 1. The quantitative estimate of drug-likeness (QED) is 0.304. The van der Waals surface area contributed by atoms with Crippen molar-refractivity contribution in [2.24, 2.45) is 0 Å². The summed E-state index contributed by atoms with van der Waals surface area (Å²) >= 11 is 2.60. The number of thiophene rings is 1. The van der Waals surface area contributed by atoms with Crippen LogP contribution in [0.25, 0.3) is 0 Å². The van der Waals surface area contributed by atoms with Crippen LogP contribution in [0.2, 0.25) is 0 Å². The Morgan fingerprint density at radius 2 is 1.94 bits per heavy atom. The maximum absolute atomic E-state index is 13.1. The van der Waals surface area contributed by atoms with Crippen molar-refractivity contribution in [2.45, 2.75) is 51.9 Å². The Labute approximate surface area is 205 Å². The van der Waals surface area contributed by atoms with Gasteiger partial charge in [0.2, 0.25) is 5.91 Å². The maximum atomic E-state index is 13.1. The highest BCUT2D eigenvalue weighted by molar-refractivity contribution is 7.99. The number of anilines is 1. The van der Waals surface area contributed by atoms with E-state index in [0.29, 0.717) is 40.3 Å². The number of nitrogens with one attached hydrogen (secondary N) is 1. The van der Waals surface area contributed by atoms with E-state index < -0.39 is 12.1 Å². The topological polar surface area (TPSA) is 95.3 Å². The predicted molar refractivity (Wildman–Crippen MR) is 130 cm³/mol. The number of carbonyl (C=O) groups excluding carboxylic acids is 2. The Morgan fingerprint density at radius 3 is 2.56 bits per heavy atom. The summed E-state index contributed by atoms with van der Waals surface area (Å²) in [6, 6.07) is 5.77. The molecular formula is C23H27FN4O4S2. The van der Waals surface area contributed by atoms with Crippen LogP contribution in [0.15, 0.2) is 29.4 Å². The molecule has 0 saturated heterocycles. The Hall–Kier alpha value is -2.92. The Balaban J connectivity index is 1.68. The molecular weight excluding hydrogens is 479 g/mol. The molecule has 11 heteroatoms. The third kappa shape index (κ3) is 5.76. The zero-order valence-corrected chi connectivity index (χ0v) is 21.3. The number of halogens is 1. The zero-order chi connectivity index (χ0) is 24.8. The SMILES string of the molecule is CCc1c(C)sc(NC(=O)CSc2nnc(C(C)Oc3ccc(F)cc3)n2CC)c1C(=O)OC. The lowest BCUT2D eigenvalue weighted by atomic mass is 10.1. The minimum atomic E-state index is -0.463. The molecule has 0 radical (unpaired) electrons. The fraction of sp³-hybridized carbons (Fsp3) is 0.391. The number of rotatable bonds is 10. The van der Waals surface area contributed by atoms with Crippen molar-refractivity contribution in [3.8, 4) is 5.75 Å². The Kier molecular flexibility index (Phi) is 8.67. The number of hydrogen-bond donors (Lipinski definition) is 1. The summed E-state index contributed by atoms with van der Waals surface area (Å²) in [7, 11) is 1.33. The highest BCUT2D eigenvalue weighted by atomic mass is 32.2. The summed E-state index contributed by atoms with van der Waals surface area (Å²) in [5, 5.41) is 12.4. The summed E-state index contributed by atoms with van der Waals surface area (Å²) < 4.78 is 25.8. The Bertz CT molecular complexity index is 1160. The van der Waals surface area contributed by atoms with Crippen molar-refractivity contribution < 1.29 is 23.5 Å². The first-order valence-electron chi connectivity index (χ1n) is 10.8. The molecule has 1 N–H and O–H groups in total. The molecule has 3 rings (SSSR count). The van der Waals surface area contributed by atoms with E-state index in [1.807, 2.05) is 32.3 Å². The summed E-state index contributed by atoms with van der Waals surface area (Å²) in [4.78, 5) is 25.9. The van der Waals surface area contributed by atoms with E-state index in [1.165, 1.54) is 42.3 Å². The van der Waals surface area contributed by atoms with E-state index in [9.17, 15) is 14.0 Å². The van der Waals surface area contributed by atoms with Crippen molar-refractivity contribution >= 4 is 40.0 Å². The molecule has 0 saturated carbocycles. The van der Waals surface area contributed by atoms with E-state index in [2.05, 4.69) is 15.5 Å². The number of esters is 1. The van der Waals surface area contributed by atoms with Crippen molar-refractivity contribution in [3.05, 3.63) is 51.9 Å². The van der Waals surface area contributed by atoms with Crippen LogP contribution in [0.1, 0.15) is 53.5 Å². The van der Waals surface area contributed by atoms with Crippen LogP contribution in [0.4, 0.5) is 9.39 Å². The van der Waals surface area contributed by atoms with Crippen LogP contribution in [-0.4, -0.2) is 39.5 Å². The van der Waals surface area contributed by atoms with Crippen LogP contribution in [0.5, 0.6) is 5.75 Å². The van der Waals surface area contributed by atoms with Gasteiger partial charge in [0.15, 0.2) is 17.1 Å². The van der Waals surface area contributed by atoms with Gasteiger partial charge in [0, 0.05) is 11.4 Å². The van der Waals surface area contributed by atoms with Gasteiger partial charge in [-0.2, -0.15) is 0 Å². The van der Waals surface area contributed by atoms with E-state index in [4.69, 9.17) is 9.47 Å². The number of thioether (sulfide) groups is 1. The van der Waals surface area contributed by atoms with Gasteiger partial charge in [-0.05, 0) is 57.0 Å². The number of benzene rings is 1. The molecule has 34 heavy (non-hydrogen) atoms. The molecule has 0 aliphatic rings. The minimum absolute atomic E-state index is 0.0877. The zero-order valence-electron chi connectivity index (χ0n) is 19.7. The lowest BCUT2D eigenvalue weighted by Crippen LogP contribution is -2.17. The molecule has 0 fully saturated rings. The van der Waals surface area contributed by atoms with Crippen molar-refractivity contribution in [1.82, 2.24) is 14.8 Å². The summed E-state index contributed by atoms with van der Waals surface area (Å²) in [5.41, 5.74) is 1.29. The van der Waals surface area contributed by atoms with Crippen LogP contribution in [0, 0.1) is 12.7 Å². The summed E-state index contributed by atoms with van der Waals surface area (Å²) in [5.74, 6) is 0.147. The van der Waals surface area contributed by atoms with Gasteiger partial charge in [-0.15, -0.1) is 21.5 Å². The van der Waals surface area contributed by atoms with Gasteiger partial charge in [-0.1, -0.05) is 18.7 Å². The van der Waals surface area contributed by atoms with Crippen LogP contribution in [0.3, 0.4) is 0 Å². The van der Waals surface area contributed by atoms with Gasteiger partial charge in [-0.3, -0.25) is 4.79 Å². The van der Waals surface area contributed by atoms with Gasteiger partial charge < -0.3 is 19.4 Å². The lowest BCUT2D eigenvalue weighted by Gasteiger charge is -2.15. The Morgan fingerprint density at radius 1 is 1.24 bits per heavy atom. The second-order valence-corrected chi connectivity index (χ2v) is 9.49. The fourth-order valence-electron chi connectivity index (χ4n) is 3.48. The monoisotopic (exact) mass is 506 g/mol. The smallest absolute Gasteiger partial charge is 0.341 e. The fourth-order valence-corrected chi connectivity index (χ4v) is 5.44. The molecule has 2 heterocycles. The highest BCUT2D eigenvalue weighted by Crippen LogP contribution is 2.34. The number of ether oxygens (including phenoxy) is 2. The number of aryl methyl sites for hydroxylation is 1. The summed E-state index contributed by atoms with van der Waals surface area (Å²) in [6.45, 7) is 8.24. The predicted octanol–water partition coefficient (Wildman–Crippen LogP) is 5.03. The number of hydrogen-bond acceptors (Lipinski definition) is 8. The first-order chi connectivity index (χ1) is 16.3. The molecule has 2 aromatic heterocycles. The average molecular weight is 507 g/mol. The molecule has 3 aromatic rings. The largest absolute Gasteiger partial charge is 0.483 e. The molecule has 0 bridgehead atoms. The van der Waals surface area contributed by atoms with Crippen molar-refractivity contribution in [1.29, 1.82) is 0 Å². The maximum Gasteiger partial charge on any atom is 0.341 e. The van der Waals surface area contributed by atoms with Crippen molar-refractivity contribution in [2.75, 3.05) is 18.2 Å². The highest BCUT2D eigenvalue weighted by Gasteiger charge is 2.24. The van der Waals surface area contributed by atoms with Gasteiger partial charge >= 0.3 is 5.97 Å². The third-order valence-corrected chi connectivity index (χ3v) is 7.12. The van der Waals surface area contributed by atoms with Gasteiger partial charge in [0.05, 0.1) is 18.4 Å². The molecule has 0 spiro atoms. The molecule has 1 atom stereocenters. The lowest BCUT2D eigenvalue weighted by molar-refractivity contribution is -0.113. The van der Waals surface area contributed by atoms with E-state index in [0.717, 1.165) is 10.4 Å². The number of aromatic nitrogens is 3. The van der Waals surface area contributed by atoms with Crippen LogP contribution < -0.4 is 10.1 Å². The molecule has 0 aliphatic heterocycles. The number of methoxy groups -OCH3 is 1. The molecule has 0 aliphatic carbocycles. The van der Waals surface area contributed by atoms with Gasteiger partial charge in [0.25, 0.3) is 0 Å². The van der Waals surface area contributed by atoms with E-state index in [-0.39, 0.29) is 17.5 Å². The first-order valence-corrected chi connectivity index (χ1v) is 12.6. The molecule has 1 unspecified atom stereocenters. The minimum Gasteiger partial charge on any atom is -0.483 e. The van der Waals surface area contributed by atoms with Gasteiger partial charge in [-0.25, -0.2) is 9.18 Å². The van der Waals surface area contributed by atoms with E-state index >= 15 is 0 Å². The molecule has 1 amide bonds.